The third kappa shape index (κ3) is 3.25. The van der Waals surface area contributed by atoms with Crippen molar-refractivity contribution in [3.8, 4) is 0 Å². The molecule has 0 radical (unpaired) electrons. The summed E-state index contributed by atoms with van der Waals surface area (Å²) in [5.74, 6) is -0.370. The molecule has 7 heteroatoms. The van der Waals surface area contributed by atoms with Crippen molar-refractivity contribution in [2.24, 2.45) is 0 Å². The second kappa shape index (κ2) is 4.50. The zero-order chi connectivity index (χ0) is 9.84. The number of hydrogen-bond acceptors (Lipinski definition) is 5. The molecule has 13 heavy (non-hydrogen) atoms. The third-order valence-electron chi connectivity index (χ3n) is 1.15. The topological polar surface area (TPSA) is 75.1 Å². The molecule has 0 aliphatic heterocycles. The highest BCUT2D eigenvalue weighted by molar-refractivity contribution is 7.17. The number of aliphatic hydroxyl groups is 1. The minimum atomic E-state index is -0.577. The van der Waals surface area contributed by atoms with Crippen LogP contribution in [0.15, 0.2) is 0 Å². The summed E-state index contributed by atoms with van der Waals surface area (Å²) in [6.07, 6.45) is -0.577. The summed E-state index contributed by atoms with van der Waals surface area (Å²) in [6, 6.07) is 0. The van der Waals surface area contributed by atoms with Crippen LogP contribution in [0.3, 0.4) is 0 Å². The molecule has 2 N–H and O–H groups in total. The van der Waals surface area contributed by atoms with Crippen molar-refractivity contribution in [1.29, 1.82) is 0 Å². The Labute approximate surface area is 83.7 Å². The number of aromatic nitrogens is 2. The largest absolute Gasteiger partial charge is 0.392 e. The summed E-state index contributed by atoms with van der Waals surface area (Å²) < 4.78 is 0.224. The summed E-state index contributed by atoms with van der Waals surface area (Å²) in [4.78, 5) is 11.2. The molecule has 0 saturated carbocycles. The second-order valence-electron chi connectivity index (χ2n) is 2.42. The van der Waals surface area contributed by atoms with Gasteiger partial charge in [0.1, 0.15) is 0 Å². The molecular weight excluding hydrogens is 214 g/mol. The standard InChI is InChI=1S/C6H8ClN3O2S/c1-3(11)2-8-4(12)5-9-10-6(7)13-5/h3,11H,2H2,1H3,(H,8,12)/t3-/m0/s1. The van der Waals surface area contributed by atoms with E-state index in [1.807, 2.05) is 0 Å². The fourth-order valence-corrected chi connectivity index (χ4v) is 1.36. The lowest BCUT2D eigenvalue weighted by Gasteiger charge is -2.03. The van der Waals surface area contributed by atoms with Gasteiger partial charge < -0.3 is 10.4 Å². The molecular formula is C6H8ClN3O2S. The molecule has 0 fully saturated rings. The number of halogens is 1. The average molecular weight is 222 g/mol. The highest BCUT2D eigenvalue weighted by Crippen LogP contribution is 2.14. The van der Waals surface area contributed by atoms with Gasteiger partial charge in [-0.25, -0.2) is 0 Å². The quantitative estimate of drug-likeness (QED) is 0.770. The van der Waals surface area contributed by atoms with Gasteiger partial charge >= 0.3 is 0 Å². The van der Waals surface area contributed by atoms with Gasteiger partial charge in [0.15, 0.2) is 0 Å². The summed E-state index contributed by atoms with van der Waals surface area (Å²) in [5.41, 5.74) is 0. The lowest BCUT2D eigenvalue weighted by molar-refractivity contribution is 0.0923. The van der Waals surface area contributed by atoms with Crippen LogP contribution in [-0.4, -0.2) is 33.9 Å². The van der Waals surface area contributed by atoms with E-state index in [4.69, 9.17) is 16.7 Å². The van der Waals surface area contributed by atoms with Crippen molar-refractivity contribution in [1.82, 2.24) is 15.5 Å². The number of amides is 1. The van der Waals surface area contributed by atoms with Crippen LogP contribution in [0, 0.1) is 0 Å². The molecule has 1 aromatic rings. The van der Waals surface area contributed by atoms with Gasteiger partial charge in [-0.05, 0) is 18.5 Å². The molecule has 1 heterocycles. The van der Waals surface area contributed by atoms with Crippen LogP contribution in [0.25, 0.3) is 0 Å². The number of carbonyl (C=O) groups excluding carboxylic acids is 1. The predicted octanol–water partition coefficient (Wildman–Crippen LogP) is 0.302. The molecule has 0 aromatic carbocycles. The summed E-state index contributed by atoms with van der Waals surface area (Å²) in [6.45, 7) is 1.77. The van der Waals surface area contributed by atoms with E-state index in [2.05, 4.69) is 15.5 Å². The highest BCUT2D eigenvalue weighted by Gasteiger charge is 2.11. The van der Waals surface area contributed by atoms with Crippen molar-refractivity contribution >= 4 is 28.8 Å². The van der Waals surface area contributed by atoms with Crippen LogP contribution in [0.1, 0.15) is 16.7 Å². The highest BCUT2D eigenvalue weighted by atomic mass is 35.5. The maximum absolute atomic E-state index is 11.2. The van der Waals surface area contributed by atoms with E-state index in [0.717, 1.165) is 11.3 Å². The van der Waals surface area contributed by atoms with Crippen molar-refractivity contribution in [2.45, 2.75) is 13.0 Å². The Hall–Kier alpha value is -0.720. The third-order valence-corrected chi connectivity index (χ3v) is 2.17. The molecule has 1 aromatic heterocycles. The van der Waals surface area contributed by atoms with Crippen molar-refractivity contribution < 1.29 is 9.90 Å². The first-order valence-electron chi connectivity index (χ1n) is 3.55. The number of aliphatic hydroxyl groups excluding tert-OH is 1. The van der Waals surface area contributed by atoms with Crippen LogP contribution in [-0.2, 0) is 0 Å². The molecule has 1 rings (SSSR count). The number of nitrogens with one attached hydrogen (secondary N) is 1. The van der Waals surface area contributed by atoms with Gasteiger partial charge in [0.25, 0.3) is 5.91 Å². The Morgan fingerprint density at radius 3 is 2.92 bits per heavy atom. The molecule has 1 atom stereocenters. The maximum Gasteiger partial charge on any atom is 0.282 e. The molecule has 0 saturated heterocycles. The molecule has 1 amide bonds. The summed E-state index contributed by atoms with van der Waals surface area (Å²) in [5, 5.41) is 18.6. The monoisotopic (exact) mass is 221 g/mol. The Balaban J connectivity index is 2.49. The number of rotatable bonds is 3. The van der Waals surface area contributed by atoms with E-state index in [-0.39, 0.29) is 21.9 Å². The number of hydrogen-bond donors (Lipinski definition) is 2. The lowest BCUT2D eigenvalue weighted by Crippen LogP contribution is -2.30. The van der Waals surface area contributed by atoms with Crippen molar-refractivity contribution in [3.63, 3.8) is 0 Å². The zero-order valence-corrected chi connectivity index (χ0v) is 8.39. The number of nitrogens with zero attached hydrogens (tertiary/aromatic N) is 2. The lowest BCUT2D eigenvalue weighted by atomic mass is 10.4. The molecule has 0 spiro atoms. The van der Waals surface area contributed by atoms with E-state index in [1.54, 1.807) is 6.92 Å². The fourth-order valence-electron chi connectivity index (χ4n) is 0.613. The minimum Gasteiger partial charge on any atom is -0.392 e. The van der Waals surface area contributed by atoms with E-state index < -0.39 is 6.10 Å². The first kappa shape index (κ1) is 10.4. The van der Waals surface area contributed by atoms with E-state index >= 15 is 0 Å². The van der Waals surface area contributed by atoms with Gasteiger partial charge in [0.2, 0.25) is 9.47 Å². The van der Waals surface area contributed by atoms with Gasteiger partial charge in [0, 0.05) is 6.54 Å². The van der Waals surface area contributed by atoms with Crippen LogP contribution >= 0.6 is 22.9 Å². The van der Waals surface area contributed by atoms with Gasteiger partial charge in [-0.15, -0.1) is 10.2 Å². The van der Waals surface area contributed by atoms with E-state index in [0.29, 0.717) is 0 Å². The van der Waals surface area contributed by atoms with Gasteiger partial charge in [-0.2, -0.15) is 0 Å². The van der Waals surface area contributed by atoms with E-state index in [9.17, 15) is 4.79 Å². The van der Waals surface area contributed by atoms with E-state index in [1.165, 1.54) is 0 Å². The van der Waals surface area contributed by atoms with Crippen LogP contribution in [0.2, 0.25) is 4.47 Å². The van der Waals surface area contributed by atoms with Crippen LogP contribution in [0.5, 0.6) is 0 Å². The van der Waals surface area contributed by atoms with Crippen molar-refractivity contribution in [3.05, 3.63) is 9.47 Å². The molecule has 0 bridgehead atoms. The van der Waals surface area contributed by atoms with Crippen molar-refractivity contribution in [2.75, 3.05) is 6.54 Å². The van der Waals surface area contributed by atoms with Crippen LogP contribution in [0.4, 0.5) is 0 Å². The first-order chi connectivity index (χ1) is 6.09. The summed E-state index contributed by atoms with van der Waals surface area (Å²) >= 11 is 6.48. The minimum absolute atomic E-state index is 0.191. The van der Waals surface area contributed by atoms with Gasteiger partial charge in [-0.1, -0.05) is 11.3 Å². The molecule has 0 aliphatic rings. The SMILES string of the molecule is C[C@H](O)CNC(=O)c1nnc(Cl)s1. The van der Waals surface area contributed by atoms with Gasteiger partial charge in [-0.3, -0.25) is 4.79 Å². The Morgan fingerprint density at radius 2 is 2.46 bits per heavy atom. The van der Waals surface area contributed by atoms with Crippen LogP contribution < -0.4 is 5.32 Å². The second-order valence-corrected chi connectivity index (χ2v) is 3.98. The van der Waals surface area contributed by atoms with Gasteiger partial charge in [0.05, 0.1) is 6.10 Å². The molecule has 72 valence electrons. The maximum atomic E-state index is 11.2. The molecule has 5 nitrogen and oxygen atoms in total. The predicted molar refractivity (Wildman–Crippen MR) is 48.9 cm³/mol. The Bertz CT molecular complexity index is 302. The first-order valence-corrected chi connectivity index (χ1v) is 4.74. The normalized spacial score (nSPS) is 12.5. The fraction of sp³-hybridized carbons (Fsp3) is 0.500. The smallest absolute Gasteiger partial charge is 0.282 e. The Kier molecular flexibility index (Phi) is 3.58. The number of carbonyl (C=O) groups is 1. The molecule has 0 unspecified atom stereocenters. The zero-order valence-electron chi connectivity index (χ0n) is 6.82. The molecule has 0 aliphatic carbocycles. The Morgan fingerprint density at radius 1 is 1.77 bits per heavy atom. The average Bonchev–Trinajstić information content (AvgIpc) is 2.47. The summed E-state index contributed by atoms with van der Waals surface area (Å²) in [7, 11) is 0.